The van der Waals surface area contributed by atoms with Crippen LogP contribution in [0.5, 0.6) is 0 Å². The minimum Gasteiger partial charge on any atom is -0.364 e. The summed E-state index contributed by atoms with van der Waals surface area (Å²) >= 11 is 0. The lowest BCUT2D eigenvalue weighted by Gasteiger charge is -2.03. The molecule has 22 heavy (non-hydrogen) atoms. The Balaban J connectivity index is 1.64. The van der Waals surface area contributed by atoms with Crippen LogP contribution in [0.1, 0.15) is 23.6 Å². The summed E-state index contributed by atoms with van der Waals surface area (Å²) in [4.78, 5) is 0. The molecule has 114 valence electrons. The maximum atomic E-state index is 4.63. The maximum Gasteiger partial charge on any atom is 0.151 e. The second-order valence-corrected chi connectivity index (χ2v) is 5.40. The molecule has 0 radical (unpaired) electrons. The van der Waals surface area contributed by atoms with Gasteiger partial charge in [-0.3, -0.25) is 9.36 Å². The summed E-state index contributed by atoms with van der Waals surface area (Å²) in [6.07, 6.45) is 6.03. The van der Waals surface area contributed by atoms with Gasteiger partial charge in [-0.05, 0) is 19.4 Å². The van der Waals surface area contributed by atoms with Crippen molar-refractivity contribution in [2.75, 3.05) is 5.32 Å². The van der Waals surface area contributed by atoms with Gasteiger partial charge in [0.1, 0.15) is 0 Å². The molecule has 0 aliphatic heterocycles. The Morgan fingerprint density at radius 2 is 1.86 bits per heavy atom. The van der Waals surface area contributed by atoms with E-state index in [4.69, 9.17) is 0 Å². The molecule has 0 atom stereocenters. The summed E-state index contributed by atoms with van der Waals surface area (Å²) in [5, 5.41) is 12.3. The number of anilines is 1. The monoisotopic (exact) mass is 295 g/mol. The van der Waals surface area contributed by atoms with E-state index in [1.165, 1.54) is 11.1 Å². The van der Waals surface area contributed by atoms with Crippen LogP contribution in [-0.2, 0) is 19.6 Å². The topological polar surface area (TPSA) is 47.7 Å². The van der Waals surface area contributed by atoms with Crippen molar-refractivity contribution >= 4 is 5.82 Å². The van der Waals surface area contributed by atoms with E-state index < -0.39 is 0 Å². The molecule has 0 aliphatic carbocycles. The molecule has 5 nitrogen and oxygen atoms in total. The van der Waals surface area contributed by atoms with Gasteiger partial charge in [-0.15, -0.1) is 0 Å². The first-order chi connectivity index (χ1) is 10.7. The normalized spacial score (nSPS) is 10.8. The van der Waals surface area contributed by atoms with Crippen LogP contribution in [0.3, 0.4) is 0 Å². The van der Waals surface area contributed by atoms with Gasteiger partial charge < -0.3 is 5.32 Å². The fourth-order valence-corrected chi connectivity index (χ4v) is 2.40. The SMILES string of the molecule is CCn1cc(CNc2nn(Cc3ccccc3)cc2C)cn1. The lowest BCUT2D eigenvalue weighted by Crippen LogP contribution is -2.03. The molecule has 0 spiro atoms. The molecule has 0 unspecified atom stereocenters. The quantitative estimate of drug-likeness (QED) is 0.760. The van der Waals surface area contributed by atoms with E-state index in [9.17, 15) is 0 Å². The summed E-state index contributed by atoms with van der Waals surface area (Å²) in [5.41, 5.74) is 3.57. The van der Waals surface area contributed by atoms with Crippen molar-refractivity contribution in [3.8, 4) is 0 Å². The molecule has 0 aliphatic rings. The molecule has 5 heteroatoms. The van der Waals surface area contributed by atoms with Crippen molar-refractivity contribution in [1.82, 2.24) is 19.6 Å². The number of rotatable bonds is 6. The number of nitrogens with zero attached hydrogens (tertiary/aromatic N) is 4. The van der Waals surface area contributed by atoms with Crippen molar-refractivity contribution in [3.63, 3.8) is 0 Å². The molecule has 3 rings (SSSR count). The Kier molecular flexibility index (Phi) is 4.23. The molecule has 0 saturated carbocycles. The molecule has 2 aromatic heterocycles. The van der Waals surface area contributed by atoms with Crippen LogP contribution in [0.2, 0.25) is 0 Å². The number of hydrogen-bond acceptors (Lipinski definition) is 3. The van der Waals surface area contributed by atoms with Gasteiger partial charge in [-0.2, -0.15) is 10.2 Å². The summed E-state index contributed by atoms with van der Waals surface area (Å²) in [6.45, 7) is 6.58. The summed E-state index contributed by atoms with van der Waals surface area (Å²) < 4.78 is 3.90. The van der Waals surface area contributed by atoms with E-state index >= 15 is 0 Å². The van der Waals surface area contributed by atoms with Gasteiger partial charge in [0, 0.05) is 36.6 Å². The molecule has 1 N–H and O–H groups in total. The second-order valence-electron chi connectivity index (χ2n) is 5.40. The molecule has 0 fully saturated rings. The minimum atomic E-state index is 0.739. The van der Waals surface area contributed by atoms with E-state index in [2.05, 4.69) is 66.0 Å². The number of aryl methyl sites for hydroxylation is 2. The van der Waals surface area contributed by atoms with Crippen LogP contribution < -0.4 is 5.32 Å². The van der Waals surface area contributed by atoms with Crippen LogP contribution in [0.4, 0.5) is 5.82 Å². The standard InChI is InChI=1S/C17H21N5/c1-3-21-13-16(10-19-21)9-18-17-14(2)11-22(20-17)12-15-7-5-4-6-8-15/h4-8,10-11,13H,3,9,12H2,1-2H3,(H,18,20). The van der Waals surface area contributed by atoms with Gasteiger partial charge in [-0.1, -0.05) is 30.3 Å². The average Bonchev–Trinajstić information content (AvgIpc) is 3.13. The molecule has 0 bridgehead atoms. The zero-order valence-corrected chi connectivity index (χ0v) is 13.0. The zero-order chi connectivity index (χ0) is 15.4. The van der Waals surface area contributed by atoms with Gasteiger partial charge >= 0.3 is 0 Å². The van der Waals surface area contributed by atoms with Gasteiger partial charge in [0.2, 0.25) is 0 Å². The van der Waals surface area contributed by atoms with E-state index in [-0.39, 0.29) is 0 Å². The van der Waals surface area contributed by atoms with Crippen molar-refractivity contribution in [2.24, 2.45) is 0 Å². The lowest BCUT2D eigenvalue weighted by molar-refractivity contribution is 0.659. The van der Waals surface area contributed by atoms with E-state index in [1.807, 2.05) is 21.6 Å². The van der Waals surface area contributed by atoms with Crippen LogP contribution >= 0.6 is 0 Å². The van der Waals surface area contributed by atoms with Crippen molar-refractivity contribution in [3.05, 3.63) is 65.6 Å². The van der Waals surface area contributed by atoms with Crippen molar-refractivity contribution < 1.29 is 0 Å². The minimum absolute atomic E-state index is 0.739. The first kappa shape index (κ1) is 14.4. The van der Waals surface area contributed by atoms with Gasteiger partial charge in [0.05, 0.1) is 12.7 Å². The molecule has 3 aromatic rings. The zero-order valence-electron chi connectivity index (χ0n) is 13.0. The number of nitrogens with one attached hydrogen (secondary N) is 1. The Morgan fingerprint density at radius 1 is 1.05 bits per heavy atom. The summed E-state index contributed by atoms with van der Waals surface area (Å²) in [7, 11) is 0. The number of hydrogen-bond donors (Lipinski definition) is 1. The Morgan fingerprint density at radius 3 is 2.59 bits per heavy atom. The van der Waals surface area contributed by atoms with E-state index in [0.29, 0.717) is 0 Å². The van der Waals surface area contributed by atoms with E-state index in [0.717, 1.165) is 31.0 Å². The number of benzene rings is 1. The summed E-state index contributed by atoms with van der Waals surface area (Å²) in [6, 6.07) is 10.4. The predicted molar refractivity (Wildman–Crippen MR) is 87.7 cm³/mol. The largest absolute Gasteiger partial charge is 0.364 e. The molecule has 1 aromatic carbocycles. The van der Waals surface area contributed by atoms with Crippen molar-refractivity contribution in [1.29, 1.82) is 0 Å². The van der Waals surface area contributed by atoms with Gasteiger partial charge in [-0.25, -0.2) is 0 Å². The Hall–Kier alpha value is -2.56. The third kappa shape index (κ3) is 3.36. The van der Waals surface area contributed by atoms with E-state index in [1.54, 1.807) is 0 Å². The molecule has 0 amide bonds. The predicted octanol–water partition coefficient (Wildman–Crippen LogP) is 3.07. The number of aromatic nitrogens is 4. The Bertz CT molecular complexity index is 727. The average molecular weight is 295 g/mol. The second kappa shape index (κ2) is 6.47. The van der Waals surface area contributed by atoms with Crippen LogP contribution in [0, 0.1) is 6.92 Å². The van der Waals surface area contributed by atoms with Crippen molar-refractivity contribution in [2.45, 2.75) is 33.5 Å². The summed E-state index contributed by atoms with van der Waals surface area (Å²) in [5.74, 6) is 0.931. The third-order valence-electron chi connectivity index (χ3n) is 3.60. The molecule has 0 saturated heterocycles. The fourth-order valence-electron chi connectivity index (χ4n) is 2.40. The van der Waals surface area contributed by atoms with Crippen LogP contribution in [0.25, 0.3) is 0 Å². The van der Waals surface area contributed by atoms with Gasteiger partial charge in [0.15, 0.2) is 5.82 Å². The maximum absolute atomic E-state index is 4.63. The first-order valence-electron chi connectivity index (χ1n) is 7.58. The van der Waals surface area contributed by atoms with Gasteiger partial charge in [0.25, 0.3) is 0 Å². The highest BCUT2D eigenvalue weighted by Gasteiger charge is 2.06. The fraction of sp³-hybridized carbons (Fsp3) is 0.294. The lowest BCUT2D eigenvalue weighted by atomic mass is 10.2. The highest BCUT2D eigenvalue weighted by molar-refractivity contribution is 5.42. The molecule has 2 heterocycles. The highest BCUT2D eigenvalue weighted by Crippen LogP contribution is 2.14. The van der Waals surface area contributed by atoms with Crippen LogP contribution in [0.15, 0.2) is 48.9 Å². The Labute approximate surface area is 130 Å². The molecular weight excluding hydrogens is 274 g/mol. The smallest absolute Gasteiger partial charge is 0.151 e. The highest BCUT2D eigenvalue weighted by atomic mass is 15.3. The van der Waals surface area contributed by atoms with Crippen LogP contribution in [-0.4, -0.2) is 19.6 Å². The first-order valence-corrected chi connectivity index (χ1v) is 7.58. The molecular formula is C17H21N5. The third-order valence-corrected chi connectivity index (χ3v) is 3.60.